The van der Waals surface area contributed by atoms with Gasteiger partial charge in [0.1, 0.15) is 0 Å². The molecule has 0 saturated heterocycles. The topological polar surface area (TPSA) is 36.9 Å². The Kier molecular flexibility index (Phi) is 25.9. The van der Waals surface area contributed by atoms with E-state index in [1.54, 1.807) is 28.4 Å². The van der Waals surface area contributed by atoms with E-state index in [0.717, 1.165) is 52.1 Å². The van der Waals surface area contributed by atoms with Gasteiger partial charge in [0.25, 0.3) is 0 Å². The number of fused-ring (bicyclic) bond motifs is 4. The van der Waals surface area contributed by atoms with Crippen LogP contribution >= 0.6 is 0 Å². The Bertz CT molecular complexity index is 2570. The van der Waals surface area contributed by atoms with Gasteiger partial charge in [-0.25, -0.2) is 0 Å². The first-order chi connectivity index (χ1) is 31.5. The molecule has 2 radical (unpaired) electrons. The van der Waals surface area contributed by atoms with Crippen LogP contribution in [0.1, 0.15) is 27.8 Å². The molecule has 0 unspecified atom stereocenters. The Morgan fingerprint density at radius 3 is 0.768 bits per heavy atom. The van der Waals surface area contributed by atoms with Gasteiger partial charge in [-0.2, -0.15) is 22.3 Å². The van der Waals surface area contributed by atoms with Crippen LogP contribution in [0.3, 0.4) is 0 Å². The Hall–Kier alpha value is -1.90. The number of aryl methyl sites for hydroxylation is 1. The molecule has 0 fully saturated rings. The normalized spacial score (nSPS) is 11.2. The number of benzene rings is 5. The smallest absolute Gasteiger partial charge is 1.00 e. The maximum atomic E-state index is 5.37. The van der Waals surface area contributed by atoms with Crippen LogP contribution in [0.15, 0.2) is 152 Å². The first-order valence-electron chi connectivity index (χ1n) is 23.2. The van der Waals surface area contributed by atoms with Crippen LogP contribution in [0.5, 0.6) is 0 Å². The zero-order chi connectivity index (χ0) is 46.0. The molecule has 69 heavy (non-hydrogen) atoms. The van der Waals surface area contributed by atoms with Crippen molar-refractivity contribution in [3.63, 3.8) is 0 Å². The maximum absolute atomic E-state index is 5.37. The minimum Gasteiger partial charge on any atom is -1.00 e. The third-order valence-electron chi connectivity index (χ3n) is 13.5. The molecular weight excluding hydrogens is 1190 g/mol. The second kappa shape index (κ2) is 29.1. The van der Waals surface area contributed by atoms with Crippen molar-refractivity contribution in [2.45, 2.75) is 58.8 Å². The fourth-order valence-corrected chi connectivity index (χ4v) is 16.2. The first kappa shape index (κ1) is 61.4. The summed E-state index contributed by atoms with van der Waals surface area (Å²) in [6.45, 7) is 15.1. The Morgan fingerprint density at radius 2 is 0.565 bits per heavy atom. The molecule has 0 aliphatic rings. The number of hydrogen-bond donors (Lipinski definition) is 0. The molecule has 0 saturated carbocycles. The van der Waals surface area contributed by atoms with E-state index in [9.17, 15) is 0 Å². The molecule has 0 aliphatic carbocycles. The van der Waals surface area contributed by atoms with Gasteiger partial charge in [0, 0.05) is 71.0 Å². The van der Waals surface area contributed by atoms with Gasteiger partial charge in [0.2, 0.25) is 0 Å². The fraction of sp³-hybridized carbons (Fsp3) is 0.288. The molecule has 0 aliphatic heterocycles. The average Bonchev–Trinajstić information content (AvgIpc) is 4.11. The predicted octanol–water partition coefficient (Wildman–Crippen LogP) is 5.27. The van der Waals surface area contributed by atoms with Crippen molar-refractivity contribution in [2.75, 3.05) is 54.9 Å². The van der Waals surface area contributed by atoms with Gasteiger partial charge in [-0.15, -0.1) is 161 Å². The van der Waals surface area contributed by atoms with Crippen LogP contribution in [0, 0.1) is 88.6 Å². The second-order valence-electron chi connectivity index (χ2n) is 18.4. The van der Waals surface area contributed by atoms with Crippen LogP contribution in [0.25, 0.3) is 43.1 Å². The van der Waals surface area contributed by atoms with Gasteiger partial charge in [-0.1, -0.05) is 86.3 Å². The monoisotopic (exact) mass is 1250 g/mol. The standard InChI is InChI=1S/2C26H30O2Si.C7H8.2ClH.2Nd/c2*1-27-15-13-19-17-25(23-11-7-5-9-21(19)23)29(3,4)26-18-20(14-16-28-2)22-10-6-8-12-24(22)26;1-7-5-3-2-4-6-7;;;;/h2*5-12,17-18H,13-16H2,1-4H3;2-6H,1H3;2*1H;;/q2*-2;;;;2*+3/p-2. The molecule has 10 heteroatoms. The summed E-state index contributed by atoms with van der Waals surface area (Å²) in [5.41, 5.74) is 6.96. The minimum absolute atomic E-state index is 0. The van der Waals surface area contributed by atoms with E-state index < -0.39 is 16.1 Å². The summed E-state index contributed by atoms with van der Waals surface area (Å²) >= 11 is 0. The summed E-state index contributed by atoms with van der Waals surface area (Å²) in [6.07, 6.45) is 3.84. The van der Waals surface area contributed by atoms with Gasteiger partial charge >= 0.3 is 81.7 Å². The van der Waals surface area contributed by atoms with Crippen molar-refractivity contribution in [2.24, 2.45) is 0 Å². The molecule has 358 valence electrons. The Morgan fingerprint density at radius 1 is 0.348 bits per heavy atom. The molecule has 0 N–H and O–H groups in total. The Balaban J connectivity index is 0.000000304. The molecule has 9 aromatic carbocycles. The summed E-state index contributed by atoms with van der Waals surface area (Å²) in [6, 6.07) is 55.7. The second-order valence-corrected chi connectivity index (χ2v) is 27.0. The Labute approximate surface area is 492 Å². The largest absolute Gasteiger partial charge is 3.00 e. The SMILES string of the molecule is COCCc1c[c-]([Si](C)(C)[c-]2cc(CCOC)c3ccccc32)c2ccccc12.COCCc1c[c-]([Si](C)(C)[c-]2cc(CCOC)c3ccccc32)c2ccccc12.Cc1ccccc1.[Cl-].[Cl-].[Nd+3].[Nd+3]. The molecule has 0 aromatic heterocycles. The van der Waals surface area contributed by atoms with E-state index in [1.165, 1.54) is 91.7 Å². The number of ether oxygens (including phenoxy) is 4. The molecule has 0 atom stereocenters. The summed E-state index contributed by atoms with van der Waals surface area (Å²) < 4.78 is 21.5. The molecular formula is C59H68Cl2Nd2O4Si2. The van der Waals surface area contributed by atoms with Gasteiger partial charge in [0.15, 0.2) is 0 Å². The van der Waals surface area contributed by atoms with Crippen LogP contribution in [-0.4, -0.2) is 71.0 Å². The zero-order valence-electron chi connectivity index (χ0n) is 42.0. The third-order valence-corrected chi connectivity index (χ3v) is 20.5. The van der Waals surface area contributed by atoms with Crippen LogP contribution < -0.4 is 45.6 Å². The van der Waals surface area contributed by atoms with Crippen LogP contribution in [-0.2, 0) is 44.6 Å². The van der Waals surface area contributed by atoms with E-state index >= 15 is 0 Å². The van der Waals surface area contributed by atoms with E-state index in [0.29, 0.717) is 0 Å². The van der Waals surface area contributed by atoms with Crippen molar-refractivity contribution < 1.29 is 125 Å². The molecule has 0 spiro atoms. The van der Waals surface area contributed by atoms with Crippen molar-refractivity contribution >= 4 is 80.0 Å². The predicted molar refractivity (Wildman–Crippen MR) is 285 cm³/mol. The van der Waals surface area contributed by atoms with Gasteiger partial charge in [-0.3, -0.25) is 0 Å². The van der Waals surface area contributed by atoms with Gasteiger partial charge in [0.05, 0.1) is 0 Å². The number of halogens is 2. The third kappa shape index (κ3) is 14.2. The molecule has 9 aromatic rings. The van der Waals surface area contributed by atoms with E-state index in [-0.39, 0.29) is 106 Å². The van der Waals surface area contributed by atoms with Gasteiger partial charge in [-0.05, 0) is 32.6 Å². The van der Waals surface area contributed by atoms with E-state index in [1.807, 2.05) is 18.2 Å². The molecule has 9 rings (SSSR count). The fourth-order valence-electron chi connectivity index (χ4n) is 9.88. The number of rotatable bonds is 16. The number of hydrogen-bond acceptors (Lipinski definition) is 4. The quantitative estimate of drug-likeness (QED) is 0.0979. The zero-order valence-corrected chi connectivity index (χ0v) is 51.9. The van der Waals surface area contributed by atoms with Crippen molar-refractivity contribution in [3.8, 4) is 0 Å². The summed E-state index contributed by atoms with van der Waals surface area (Å²) in [5.74, 6) is 0. The minimum atomic E-state index is -1.90. The number of methoxy groups -OCH3 is 4. The molecule has 0 bridgehead atoms. The average molecular weight is 1260 g/mol. The van der Waals surface area contributed by atoms with Crippen molar-refractivity contribution in [1.29, 1.82) is 0 Å². The molecule has 0 heterocycles. The molecule has 0 amide bonds. The summed E-state index contributed by atoms with van der Waals surface area (Å²) in [4.78, 5) is 0. The van der Waals surface area contributed by atoms with Crippen molar-refractivity contribution in [1.82, 2.24) is 0 Å². The molecule has 4 nitrogen and oxygen atoms in total. The van der Waals surface area contributed by atoms with Crippen LogP contribution in [0.2, 0.25) is 26.2 Å². The first-order valence-corrected chi connectivity index (χ1v) is 29.2. The van der Waals surface area contributed by atoms with Gasteiger partial charge < -0.3 is 43.8 Å². The van der Waals surface area contributed by atoms with Crippen LogP contribution in [0.4, 0.5) is 0 Å². The summed E-state index contributed by atoms with van der Waals surface area (Å²) in [5, 5.41) is 17.3. The van der Waals surface area contributed by atoms with Crippen molar-refractivity contribution in [3.05, 3.63) is 179 Å². The van der Waals surface area contributed by atoms with E-state index in [2.05, 4.69) is 167 Å². The maximum Gasteiger partial charge on any atom is 3.00 e. The van der Waals surface area contributed by atoms with E-state index in [4.69, 9.17) is 18.9 Å². The summed E-state index contributed by atoms with van der Waals surface area (Å²) in [7, 11) is 3.31.